The summed E-state index contributed by atoms with van der Waals surface area (Å²) in [7, 11) is 0. The number of benzene rings is 2. The van der Waals surface area contributed by atoms with Crippen molar-refractivity contribution in [3.05, 3.63) is 94.2 Å². The van der Waals surface area contributed by atoms with Gasteiger partial charge >= 0.3 is 0 Å². The van der Waals surface area contributed by atoms with Gasteiger partial charge < -0.3 is 0 Å². The summed E-state index contributed by atoms with van der Waals surface area (Å²) in [6, 6.07) is 10.8. The molecule has 0 spiro atoms. The number of hydrogen-bond donors (Lipinski definition) is 1. The van der Waals surface area contributed by atoms with Crippen molar-refractivity contribution >= 4 is 29.1 Å². The first-order chi connectivity index (χ1) is 16.0. The van der Waals surface area contributed by atoms with Gasteiger partial charge in [0, 0.05) is 34.7 Å². The van der Waals surface area contributed by atoms with Crippen molar-refractivity contribution in [1.29, 1.82) is 0 Å². The number of nitrogens with one attached hydrogen (secondary N) is 1. The highest BCUT2D eigenvalue weighted by Crippen LogP contribution is 2.41. The Balaban J connectivity index is 1.75. The number of allylic oxidation sites excluding steroid dienone is 5. The van der Waals surface area contributed by atoms with Crippen LogP contribution in [0.1, 0.15) is 47.7 Å². The van der Waals surface area contributed by atoms with E-state index in [2.05, 4.69) is 12.0 Å². The third kappa shape index (κ3) is 5.34. The van der Waals surface area contributed by atoms with E-state index in [1.165, 1.54) is 12.5 Å². The maximum Gasteiger partial charge on any atom is 0.265 e. The number of piperidine rings is 1. The summed E-state index contributed by atoms with van der Waals surface area (Å²) in [5.74, 6) is -0.407. The van der Waals surface area contributed by atoms with E-state index < -0.39 is 0 Å². The van der Waals surface area contributed by atoms with Gasteiger partial charge in [-0.3, -0.25) is 10.2 Å². The largest absolute Gasteiger partial charge is 0.285 e. The lowest BCUT2D eigenvalue weighted by Crippen LogP contribution is -2.45. The molecule has 2 heterocycles. The second-order valence-electron chi connectivity index (χ2n) is 8.26. The Kier molecular flexibility index (Phi) is 7.26. The molecular weight excluding hydrogens is 433 g/mol. The minimum absolute atomic E-state index is 0.136. The molecule has 4 rings (SSSR count). The van der Waals surface area contributed by atoms with Crippen molar-refractivity contribution < 1.29 is 9.18 Å². The van der Waals surface area contributed by atoms with Crippen LogP contribution >= 0.6 is 11.8 Å². The van der Waals surface area contributed by atoms with E-state index in [1.54, 1.807) is 30.8 Å². The van der Waals surface area contributed by atoms with Crippen LogP contribution in [0, 0.1) is 12.7 Å². The second kappa shape index (κ2) is 10.3. The van der Waals surface area contributed by atoms with Crippen LogP contribution in [0.25, 0.3) is 0 Å². The van der Waals surface area contributed by atoms with E-state index in [-0.39, 0.29) is 11.7 Å². The Morgan fingerprint density at radius 1 is 1.15 bits per heavy atom. The van der Waals surface area contributed by atoms with Gasteiger partial charge in [0.1, 0.15) is 5.82 Å². The fraction of sp³-hybridized carbons (Fsp3) is 0.259. The number of carbonyl (C=O) groups is 1. The number of aryl methyl sites for hydroxylation is 1. The standard InChI is InChI=1S/C27H28FN3OS/c1-4-5-9-22-19(3)33-25-13-12-21(27(32)30-31-14-7-6-8-15-31)17-24(25)29-26(22)20-11-10-18(2)23(28)16-20/h4-5,9-13,16-17H,1,6-8,14-15H2,2-3H3,(H,30,32)/b9-5-. The third-order valence-corrected chi connectivity index (χ3v) is 6.90. The maximum atomic E-state index is 14.4. The Morgan fingerprint density at radius 3 is 2.67 bits per heavy atom. The molecule has 2 aliphatic heterocycles. The van der Waals surface area contributed by atoms with Crippen molar-refractivity contribution in [3.8, 4) is 0 Å². The Hall–Kier alpha value is -2.96. The van der Waals surface area contributed by atoms with Crippen molar-refractivity contribution in [2.75, 3.05) is 13.1 Å². The molecule has 0 unspecified atom stereocenters. The highest BCUT2D eigenvalue weighted by molar-refractivity contribution is 8.03. The van der Waals surface area contributed by atoms with Gasteiger partial charge in [0.2, 0.25) is 0 Å². The second-order valence-corrected chi connectivity index (χ2v) is 9.52. The Morgan fingerprint density at radius 2 is 1.94 bits per heavy atom. The third-order valence-electron chi connectivity index (χ3n) is 5.81. The first-order valence-corrected chi connectivity index (χ1v) is 12.0. The lowest BCUT2D eigenvalue weighted by Gasteiger charge is -2.26. The molecule has 6 heteroatoms. The molecule has 0 radical (unpaired) electrons. The van der Waals surface area contributed by atoms with E-state index in [1.807, 2.05) is 48.4 Å². The van der Waals surface area contributed by atoms with Crippen LogP contribution < -0.4 is 5.43 Å². The highest BCUT2D eigenvalue weighted by atomic mass is 32.2. The summed E-state index contributed by atoms with van der Waals surface area (Å²) >= 11 is 1.60. The number of fused-ring (bicyclic) bond motifs is 1. The monoisotopic (exact) mass is 461 g/mol. The van der Waals surface area contributed by atoms with Gasteiger partial charge in [-0.2, -0.15) is 0 Å². The molecule has 0 bridgehead atoms. The zero-order valence-electron chi connectivity index (χ0n) is 19.0. The van der Waals surface area contributed by atoms with Crippen molar-refractivity contribution in [2.24, 2.45) is 4.99 Å². The molecule has 4 nitrogen and oxygen atoms in total. The molecule has 1 saturated heterocycles. The van der Waals surface area contributed by atoms with Crippen molar-refractivity contribution in [1.82, 2.24) is 10.4 Å². The normalized spacial score (nSPS) is 16.9. The number of aliphatic imine (C=N–C) groups is 1. The summed E-state index contributed by atoms with van der Waals surface area (Å²) in [4.78, 5) is 19.8. The Bertz CT molecular complexity index is 1180. The average molecular weight is 462 g/mol. The minimum Gasteiger partial charge on any atom is -0.285 e. The van der Waals surface area contributed by atoms with Gasteiger partial charge in [0.25, 0.3) is 5.91 Å². The van der Waals surface area contributed by atoms with Crippen LogP contribution in [0.4, 0.5) is 10.1 Å². The summed E-state index contributed by atoms with van der Waals surface area (Å²) in [5, 5.41) is 1.99. The molecule has 0 saturated carbocycles. The van der Waals surface area contributed by atoms with Gasteiger partial charge in [-0.1, -0.05) is 55.1 Å². The van der Waals surface area contributed by atoms with Crippen LogP contribution in [0.5, 0.6) is 0 Å². The van der Waals surface area contributed by atoms with Crippen LogP contribution in [0.15, 0.2) is 81.6 Å². The lowest BCUT2D eigenvalue weighted by atomic mass is 9.99. The zero-order valence-corrected chi connectivity index (χ0v) is 19.8. The molecule has 1 amide bonds. The molecule has 0 atom stereocenters. The van der Waals surface area contributed by atoms with Gasteiger partial charge in [0.05, 0.1) is 11.4 Å². The SMILES string of the molecule is C=C/C=C\C1=C(C)Sc2ccc(C(=O)NN3CCCCC3)cc2N=C1c1ccc(C)c(F)c1. The summed E-state index contributed by atoms with van der Waals surface area (Å²) in [6.07, 6.45) is 8.89. The molecule has 1 N–H and O–H groups in total. The molecule has 1 fully saturated rings. The Labute approximate surface area is 199 Å². The molecule has 2 aromatic carbocycles. The number of hydrogen-bond acceptors (Lipinski definition) is 4. The summed E-state index contributed by atoms with van der Waals surface area (Å²) in [6.45, 7) is 9.28. The van der Waals surface area contributed by atoms with Gasteiger partial charge in [-0.25, -0.2) is 14.4 Å². The fourth-order valence-electron chi connectivity index (χ4n) is 3.93. The number of nitrogens with zero attached hydrogens (tertiary/aromatic N) is 2. The number of carbonyl (C=O) groups excluding carboxylic acids is 1. The molecule has 2 aromatic rings. The number of amides is 1. The fourth-order valence-corrected chi connectivity index (χ4v) is 4.88. The number of thioether (sulfide) groups is 1. The molecule has 2 aliphatic rings. The van der Waals surface area contributed by atoms with E-state index in [0.717, 1.165) is 41.3 Å². The zero-order chi connectivity index (χ0) is 23.4. The van der Waals surface area contributed by atoms with Crippen LogP contribution in [-0.2, 0) is 0 Å². The van der Waals surface area contributed by atoms with Crippen LogP contribution in [-0.4, -0.2) is 29.7 Å². The van der Waals surface area contributed by atoms with Crippen molar-refractivity contribution in [3.63, 3.8) is 0 Å². The quantitative estimate of drug-likeness (QED) is 0.517. The first-order valence-electron chi connectivity index (χ1n) is 11.2. The number of rotatable bonds is 5. The highest BCUT2D eigenvalue weighted by Gasteiger charge is 2.21. The topological polar surface area (TPSA) is 44.7 Å². The molecule has 33 heavy (non-hydrogen) atoms. The van der Waals surface area contributed by atoms with Crippen LogP contribution in [0.3, 0.4) is 0 Å². The average Bonchev–Trinajstić information content (AvgIpc) is 2.95. The lowest BCUT2D eigenvalue weighted by molar-refractivity contribution is 0.0750. The number of halogens is 1. The van der Waals surface area contributed by atoms with E-state index in [4.69, 9.17) is 4.99 Å². The van der Waals surface area contributed by atoms with Gasteiger partial charge in [0.15, 0.2) is 0 Å². The molecule has 170 valence electrons. The van der Waals surface area contributed by atoms with E-state index >= 15 is 0 Å². The van der Waals surface area contributed by atoms with Gasteiger partial charge in [-0.15, -0.1) is 0 Å². The molecular formula is C27H28FN3OS. The van der Waals surface area contributed by atoms with E-state index in [9.17, 15) is 9.18 Å². The minimum atomic E-state index is -0.272. The number of hydrazine groups is 1. The predicted octanol–water partition coefficient (Wildman–Crippen LogP) is 6.51. The molecule has 0 aliphatic carbocycles. The van der Waals surface area contributed by atoms with Crippen LogP contribution in [0.2, 0.25) is 0 Å². The smallest absolute Gasteiger partial charge is 0.265 e. The predicted molar refractivity (Wildman–Crippen MR) is 135 cm³/mol. The summed E-state index contributed by atoms with van der Waals surface area (Å²) in [5.41, 5.74) is 7.12. The van der Waals surface area contributed by atoms with E-state index in [0.29, 0.717) is 28.1 Å². The van der Waals surface area contributed by atoms with Crippen molar-refractivity contribution in [2.45, 2.75) is 38.0 Å². The van der Waals surface area contributed by atoms with Gasteiger partial charge in [-0.05, 0) is 61.4 Å². The molecule has 0 aromatic heterocycles. The maximum absolute atomic E-state index is 14.4. The first kappa shape index (κ1) is 23.2. The summed E-state index contributed by atoms with van der Waals surface area (Å²) < 4.78 is 14.4.